The second-order valence-corrected chi connectivity index (χ2v) is 8.30. The van der Waals surface area contributed by atoms with Crippen LogP contribution in [0.25, 0.3) is 0 Å². The van der Waals surface area contributed by atoms with Crippen LogP contribution in [0.5, 0.6) is 5.75 Å². The molecule has 1 fully saturated rings. The minimum atomic E-state index is -3.18. The van der Waals surface area contributed by atoms with Crippen LogP contribution >= 0.6 is 0 Å². The summed E-state index contributed by atoms with van der Waals surface area (Å²) in [7, 11) is -3.18. The Bertz CT molecular complexity index is 634. The van der Waals surface area contributed by atoms with Crippen LogP contribution in [0.3, 0.4) is 0 Å². The maximum atomic E-state index is 12.3. The number of carbonyl (C=O) groups excluding carboxylic acids is 1. The molecule has 25 heavy (non-hydrogen) atoms. The molecule has 1 aliphatic heterocycles. The largest absolute Gasteiger partial charge is 0.494 e. The van der Waals surface area contributed by atoms with Gasteiger partial charge in [-0.3, -0.25) is 4.79 Å². The van der Waals surface area contributed by atoms with E-state index >= 15 is 0 Å². The summed E-state index contributed by atoms with van der Waals surface area (Å²) in [5, 5.41) is 0. The van der Waals surface area contributed by atoms with Crippen molar-refractivity contribution in [2.45, 2.75) is 32.6 Å². The molecule has 1 aliphatic rings. The zero-order valence-corrected chi connectivity index (χ0v) is 15.7. The van der Waals surface area contributed by atoms with Gasteiger partial charge in [-0.15, -0.1) is 0 Å². The third kappa shape index (κ3) is 6.32. The van der Waals surface area contributed by atoms with E-state index in [4.69, 9.17) is 4.74 Å². The van der Waals surface area contributed by atoms with Crippen LogP contribution in [0.2, 0.25) is 0 Å². The molecule has 0 radical (unpaired) electrons. The standard InChI is InChI=1S/C18H28N2O4S/c1-2-16-25(22,23)20-12-7-11-19(13-14-20)18(21)10-6-15-24-17-8-4-3-5-9-17/h3-5,8-9H,2,6-7,10-16H2,1H3. The van der Waals surface area contributed by atoms with Crippen molar-refractivity contribution in [3.63, 3.8) is 0 Å². The van der Waals surface area contributed by atoms with Gasteiger partial charge in [0.05, 0.1) is 12.4 Å². The van der Waals surface area contributed by atoms with E-state index < -0.39 is 10.0 Å². The summed E-state index contributed by atoms with van der Waals surface area (Å²) in [5.74, 6) is 1.06. The zero-order chi connectivity index (χ0) is 18.1. The van der Waals surface area contributed by atoms with Crippen molar-refractivity contribution in [1.29, 1.82) is 0 Å². The number of rotatable bonds is 8. The molecule has 6 nitrogen and oxygen atoms in total. The van der Waals surface area contributed by atoms with Gasteiger partial charge in [-0.25, -0.2) is 12.7 Å². The van der Waals surface area contributed by atoms with Crippen molar-refractivity contribution in [3.05, 3.63) is 30.3 Å². The minimum Gasteiger partial charge on any atom is -0.494 e. The van der Waals surface area contributed by atoms with Gasteiger partial charge in [0.1, 0.15) is 5.75 Å². The number of amides is 1. The van der Waals surface area contributed by atoms with Gasteiger partial charge >= 0.3 is 0 Å². The number of ether oxygens (including phenoxy) is 1. The van der Waals surface area contributed by atoms with Gasteiger partial charge < -0.3 is 9.64 Å². The monoisotopic (exact) mass is 368 g/mol. The van der Waals surface area contributed by atoms with E-state index in [0.29, 0.717) is 58.5 Å². The molecule has 1 heterocycles. The number of para-hydroxylation sites is 1. The molecule has 2 rings (SSSR count). The van der Waals surface area contributed by atoms with Gasteiger partial charge in [-0.2, -0.15) is 0 Å². The van der Waals surface area contributed by atoms with Gasteiger partial charge in [0.25, 0.3) is 0 Å². The Labute approximate surface area is 150 Å². The van der Waals surface area contributed by atoms with Crippen molar-refractivity contribution >= 4 is 15.9 Å². The molecule has 0 bridgehead atoms. The lowest BCUT2D eigenvalue weighted by atomic mass is 10.2. The fourth-order valence-electron chi connectivity index (χ4n) is 2.90. The smallest absolute Gasteiger partial charge is 0.222 e. The highest BCUT2D eigenvalue weighted by molar-refractivity contribution is 7.89. The lowest BCUT2D eigenvalue weighted by Crippen LogP contribution is -2.38. The van der Waals surface area contributed by atoms with E-state index in [2.05, 4.69) is 0 Å². The summed E-state index contributed by atoms with van der Waals surface area (Å²) in [6, 6.07) is 9.54. The van der Waals surface area contributed by atoms with Crippen molar-refractivity contribution in [3.8, 4) is 5.75 Å². The second kappa shape index (κ2) is 9.77. The lowest BCUT2D eigenvalue weighted by Gasteiger charge is -2.22. The van der Waals surface area contributed by atoms with Crippen LogP contribution in [0, 0.1) is 0 Å². The lowest BCUT2D eigenvalue weighted by molar-refractivity contribution is -0.131. The molecule has 7 heteroatoms. The first kappa shape index (κ1) is 19.7. The predicted molar refractivity (Wildman–Crippen MR) is 98.0 cm³/mol. The maximum absolute atomic E-state index is 12.3. The quantitative estimate of drug-likeness (QED) is 0.659. The Kier molecular flexibility index (Phi) is 7.71. The zero-order valence-electron chi connectivity index (χ0n) is 14.9. The highest BCUT2D eigenvalue weighted by atomic mass is 32.2. The molecule has 0 aromatic heterocycles. The predicted octanol–water partition coefficient (Wildman–Crippen LogP) is 2.12. The Hall–Kier alpha value is -1.60. The average molecular weight is 368 g/mol. The normalized spacial score (nSPS) is 16.4. The first-order valence-electron chi connectivity index (χ1n) is 8.96. The van der Waals surface area contributed by atoms with Gasteiger partial charge in [-0.1, -0.05) is 25.1 Å². The summed E-state index contributed by atoms with van der Waals surface area (Å²) in [4.78, 5) is 14.1. The highest BCUT2D eigenvalue weighted by Gasteiger charge is 2.25. The molecule has 0 spiro atoms. The van der Waals surface area contributed by atoms with Crippen LogP contribution in [0.4, 0.5) is 0 Å². The number of benzene rings is 1. The van der Waals surface area contributed by atoms with E-state index in [9.17, 15) is 13.2 Å². The molecule has 0 atom stereocenters. The number of hydrogen-bond donors (Lipinski definition) is 0. The minimum absolute atomic E-state index is 0.0754. The average Bonchev–Trinajstić information content (AvgIpc) is 2.86. The van der Waals surface area contributed by atoms with E-state index in [1.54, 1.807) is 4.90 Å². The summed E-state index contributed by atoms with van der Waals surface area (Å²) in [6.45, 7) is 4.36. The summed E-state index contributed by atoms with van der Waals surface area (Å²) in [5.41, 5.74) is 0. The molecular formula is C18H28N2O4S. The van der Waals surface area contributed by atoms with E-state index in [0.717, 1.165) is 5.75 Å². The van der Waals surface area contributed by atoms with Gasteiger partial charge in [-0.05, 0) is 31.4 Å². The molecule has 140 valence electrons. The van der Waals surface area contributed by atoms with E-state index in [1.807, 2.05) is 37.3 Å². The Morgan fingerprint density at radius 3 is 2.60 bits per heavy atom. The number of nitrogens with zero attached hydrogens (tertiary/aromatic N) is 2. The number of sulfonamides is 1. The topological polar surface area (TPSA) is 66.9 Å². The molecule has 1 aromatic carbocycles. The maximum Gasteiger partial charge on any atom is 0.222 e. The highest BCUT2D eigenvalue weighted by Crippen LogP contribution is 2.12. The Morgan fingerprint density at radius 2 is 1.88 bits per heavy atom. The second-order valence-electron chi connectivity index (χ2n) is 6.21. The van der Waals surface area contributed by atoms with Crippen LogP contribution in [-0.2, 0) is 14.8 Å². The summed E-state index contributed by atoms with van der Waals surface area (Å²) < 4.78 is 31.5. The molecule has 1 aromatic rings. The SMILES string of the molecule is CCCS(=O)(=O)N1CCCN(C(=O)CCCOc2ccccc2)CC1. The number of carbonyl (C=O) groups is 1. The van der Waals surface area contributed by atoms with Gasteiger partial charge in [0.15, 0.2) is 0 Å². The van der Waals surface area contributed by atoms with Crippen LogP contribution in [0.1, 0.15) is 32.6 Å². The molecule has 0 aliphatic carbocycles. The summed E-state index contributed by atoms with van der Waals surface area (Å²) in [6.07, 6.45) is 2.38. The van der Waals surface area contributed by atoms with Crippen LogP contribution in [-0.4, -0.2) is 62.1 Å². The Balaban J connectivity index is 1.73. The third-order valence-corrected chi connectivity index (χ3v) is 6.29. The van der Waals surface area contributed by atoms with Crippen LogP contribution in [0.15, 0.2) is 30.3 Å². The first-order valence-corrected chi connectivity index (χ1v) is 10.6. The molecule has 0 unspecified atom stereocenters. The van der Waals surface area contributed by atoms with E-state index in [-0.39, 0.29) is 11.7 Å². The van der Waals surface area contributed by atoms with Crippen LogP contribution < -0.4 is 4.74 Å². The number of hydrogen-bond acceptors (Lipinski definition) is 4. The van der Waals surface area contributed by atoms with E-state index in [1.165, 1.54) is 4.31 Å². The molecule has 0 saturated carbocycles. The Morgan fingerprint density at radius 1 is 1.12 bits per heavy atom. The van der Waals surface area contributed by atoms with Crippen molar-refractivity contribution in [1.82, 2.24) is 9.21 Å². The van der Waals surface area contributed by atoms with Crippen molar-refractivity contribution < 1.29 is 17.9 Å². The summed E-state index contributed by atoms with van der Waals surface area (Å²) >= 11 is 0. The van der Waals surface area contributed by atoms with Crippen molar-refractivity contribution in [2.75, 3.05) is 38.5 Å². The fourth-order valence-corrected chi connectivity index (χ4v) is 4.44. The molecule has 0 N–H and O–H groups in total. The molecular weight excluding hydrogens is 340 g/mol. The third-order valence-electron chi connectivity index (χ3n) is 4.21. The van der Waals surface area contributed by atoms with Gasteiger partial charge in [0, 0.05) is 32.6 Å². The fraction of sp³-hybridized carbons (Fsp3) is 0.611. The molecule has 1 saturated heterocycles. The molecule has 1 amide bonds. The van der Waals surface area contributed by atoms with Crippen molar-refractivity contribution in [2.24, 2.45) is 0 Å². The first-order chi connectivity index (χ1) is 12.0. The van der Waals surface area contributed by atoms with Gasteiger partial charge in [0.2, 0.25) is 15.9 Å².